The molecule has 3 heteroatoms. The lowest BCUT2D eigenvalue weighted by Gasteiger charge is -2.39. The van der Waals surface area contributed by atoms with Crippen LogP contribution in [0.15, 0.2) is 24.3 Å². The minimum absolute atomic E-state index is 0.227. The van der Waals surface area contributed by atoms with Crippen LogP contribution in [-0.4, -0.2) is 37.2 Å². The summed E-state index contributed by atoms with van der Waals surface area (Å²) in [7, 11) is 1.70. The summed E-state index contributed by atoms with van der Waals surface area (Å²) in [6.45, 7) is 8.83. The number of rotatable bonds is 3. The Hall–Kier alpha value is -1.06. The van der Waals surface area contributed by atoms with E-state index in [9.17, 15) is 0 Å². The molecule has 17 heavy (non-hydrogen) atoms. The van der Waals surface area contributed by atoms with Gasteiger partial charge in [-0.1, -0.05) is 12.1 Å². The number of ether oxygens (including phenoxy) is 1. The minimum Gasteiger partial charge on any atom is -0.497 e. The van der Waals surface area contributed by atoms with E-state index < -0.39 is 0 Å². The molecule has 0 atom stereocenters. The van der Waals surface area contributed by atoms with E-state index in [1.807, 2.05) is 12.1 Å². The maximum Gasteiger partial charge on any atom is 0.118 e. The molecule has 1 aromatic rings. The Morgan fingerprint density at radius 2 is 2.00 bits per heavy atom. The van der Waals surface area contributed by atoms with Crippen LogP contribution in [0.3, 0.4) is 0 Å². The van der Waals surface area contributed by atoms with E-state index in [4.69, 9.17) is 4.74 Å². The van der Waals surface area contributed by atoms with E-state index in [2.05, 4.69) is 36.2 Å². The first kappa shape index (κ1) is 12.4. The van der Waals surface area contributed by atoms with Gasteiger partial charge in [-0.15, -0.1) is 0 Å². The Labute approximate surface area is 104 Å². The highest BCUT2D eigenvalue weighted by Crippen LogP contribution is 2.16. The number of nitrogens with one attached hydrogen (secondary N) is 1. The third kappa shape index (κ3) is 3.45. The van der Waals surface area contributed by atoms with Crippen LogP contribution < -0.4 is 10.1 Å². The summed E-state index contributed by atoms with van der Waals surface area (Å²) in [6, 6.07) is 8.35. The van der Waals surface area contributed by atoms with Crippen molar-refractivity contribution in [2.75, 3.05) is 26.7 Å². The van der Waals surface area contributed by atoms with Gasteiger partial charge in [0, 0.05) is 31.7 Å². The van der Waals surface area contributed by atoms with Crippen LogP contribution in [0.25, 0.3) is 0 Å². The van der Waals surface area contributed by atoms with Gasteiger partial charge in [0.2, 0.25) is 0 Å². The third-order valence-electron chi connectivity index (χ3n) is 3.22. The molecule has 2 rings (SSSR count). The highest BCUT2D eigenvalue weighted by atomic mass is 16.5. The number of methoxy groups -OCH3 is 1. The number of hydrogen-bond acceptors (Lipinski definition) is 3. The third-order valence-corrected chi connectivity index (χ3v) is 3.22. The van der Waals surface area contributed by atoms with E-state index in [1.165, 1.54) is 5.56 Å². The number of benzene rings is 1. The fourth-order valence-electron chi connectivity index (χ4n) is 2.37. The lowest BCUT2D eigenvalue weighted by molar-refractivity contribution is 0.148. The van der Waals surface area contributed by atoms with Crippen LogP contribution in [0.5, 0.6) is 5.75 Å². The molecule has 3 nitrogen and oxygen atoms in total. The van der Waals surface area contributed by atoms with Crippen LogP contribution in [-0.2, 0) is 6.54 Å². The second-order valence-corrected chi connectivity index (χ2v) is 5.37. The van der Waals surface area contributed by atoms with Crippen molar-refractivity contribution in [3.05, 3.63) is 29.8 Å². The molecule has 1 heterocycles. The Morgan fingerprint density at radius 1 is 1.29 bits per heavy atom. The maximum absolute atomic E-state index is 5.17. The molecule has 0 spiro atoms. The first-order valence-corrected chi connectivity index (χ1v) is 6.19. The average Bonchev–Trinajstić information content (AvgIpc) is 2.29. The SMILES string of the molecule is COc1ccc(CN2CCNC(C)(C)C2)cc1. The van der Waals surface area contributed by atoms with Gasteiger partial charge in [-0.3, -0.25) is 4.90 Å². The molecule has 1 aromatic carbocycles. The number of nitrogens with zero attached hydrogens (tertiary/aromatic N) is 1. The van der Waals surface area contributed by atoms with Crippen LogP contribution in [0.1, 0.15) is 19.4 Å². The number of hydrogen-bond donors (Lipinski definition) is 1. The standard InChI is InChI=1S/C14H22N2O/c1-14(2)11-16(9-8-15-14)10-12-4-6-13(17-3)7-5-12/h4-7,15H,8-11H2,1-3H3. The monoisotopic (exact) mass is 234 g/mol. The largest absolute Gasteiger partial charge is 0.497 e. The molecule has 94 valence electrons. The zero-order valence-corrected chi connectivity index (χ0v) is 11.0. The van der Waals surface area contributed by atoms with Gasteiger partial charge in [-0.2, -0.15) is 0 Å². The van der Waals surface area contributed by atoms with Crippen molar-refractivity contribution >= 4 is 0 Å². The maximum atomic E-state index is 5.17. The summed E-state index contributed by atoms with van der Waals surface area (Å²) < 4.78 is 5.17. The second kappa shape index (κ2) is 5.07. The molecule has 1 N–H and O–H groups in total. The van der Waals surface area contributed by atoms with E-state index in [1.54, 1.807) is 7.11 Å². The van der Waals surface area contributed by atoms with Crippen molar-refractivity contribution in [2.45, 2.75) is 25.9 Å². The summed E-state index contributed by atoms with van der Waals surface area (Å²) in [6.07, 6.45) is 0. The normalized spacial score (nSPS) is 20.2. The zero-order chi connectivity index (χ0) is 12.3. The molecular weight excluding hydrogens is 212 g/mol. The summed E-state index contributed by atoms with van der Waals surface area (Å²) in [5, 5.41) is 3.53. The molecule has 0 aromatic heterocycles. The van der Waals surface area contributed by atoms with Gasteiger partial charge in [0.1, 0.15) is 5.75 Å². The molecule has 0 bridgehead atoms. The average molecular weight is 234 g/mol. The predicted octanol–water partition coefficient (Wildman–Crippen LogP) is 1.88. The van der Waals surface area contributed by atoms with E-state index in [-0.39, 0.29) is 5.54 Å². The van der Waals surface area contributed by atoms with Crippen molar-refractivity contribution in [1.82, 2.24) is 10.2 Å². The summed E-state index contributed by atoms with van der Waals surface area (Å²) in [5.41, 5.74) is 1.58. The fourth-order valence-corrected chi connectivity index (χ4v) is 2.37. The molecule has 0 radical (unpaired) electrons. The summed E-state index contributed by atoms with van der Waals surface area (Å²) in [4.78, 5) is 2.50. The van der Waals surface area contributed by atoms with Crippen LogP contribution >= 0.6 is 0 Å². The van der Waals surface area contributed by atoms with E-state index >= 15 is 0 Å². The van der Waals surface area contributed by atoms with Gasteiger partial charge >= 0.3 is 0 Å². The Balaban J connectivity index is 1.95. The smallest absolute Gasteiger partial charge is 0.118 e. The summed E-state index contributed by atoms with van der Waals surface area (Å²) in [5.74, 6) is 0.925. The minimum atomic E-state index is 0.227. The topological polar surface area (TPSA) is 24.5 Å². The van der Waals surface area contributed by atoms with Gasteiger partial charge in [0.05, 0.1) is 7.11 Å². The predicted molar refractivity (Wildman–Crippen MR) is 70.4 cm³/mol. The van der Waals surface area contributed by atoms with Crippen LogP contribution in [0, 0.1) is 0 Å². The molecule has 0 unspecified atom stereocenters. The zero-order valence-electron chi connectivity index (χ0n) is 11.0. The molecular formula is C14H22N2O. The van der Waals surface area contributed by atoms with Gasteiger partial charge in [-0.05, 0) is 31.5 Å². The molecule has 0 amide bonds. The second-order valence-electron chi connectivity index (χ2n) is 5.37. The Morgan fingerprint density at radius 3 is 2.59 bits per heavy atom. The lowest BCUT2D eigenvalue weighted by atomic mass is 10.0. The summed E-state index contributed by atoms with van der Waals surface area (Å²) >= 11 is 0. The molecule has 1 saturated heterocycles. The van der Waals surface area contributed by atoms with Crippen molar-refractivity contribution in [3.8, 4) is 5.75 Å². The van der Waals surface area contributed by atoms with Crippen molar-refractivity contribution in [1.29, 1.82) is 0 Å². The lowest BCUT2D eigenvalue weighted by Crippen LogP contribution is -2.56. The molecule has 1 aliphatic heterocycles. The van der Waals surface area contributed by atoms with Crippen LogP contribution in [0.2, 0.25) is 0 Å². The van der Waals surface area contributed by atoms with Crippen molar-refractivity contribution < 1.29 is 4.74 Å². The fraction of sp³-hybridized carbons (Fsp3) is 0.571. The first-order chi connectivity index (χ1) is 8.09. The quantitative estimate of drug-likeness (QED) is 0.864. The van der Waals surface area contributed by atoms with Gasteiger partial charge < -0.3 is 10.1 Å². The van der Waals surface area contributed by atoms with Crippen LogP contribution in [0.4, 0.5) is 0 Å². The van der Waals surface area contributed by atoms with Gasteiger partial charge in [-0.25, -0.2) is 0 Å². The van der Waals surface area contributed by atoms with Crippen molar-refractivity contribution in [3.63, 3.8) is 0 Å². The van der Waals surface area contributed by atoms with Gasteiger partial charge in [0.25, 0.3) is 0 Å². The Bertz CT molecular complexity index is 359. The Kier molecular flexibility index (Phi) is 3.69. The first-order valence-electron chi connectivity index (χ1n) is 6.19. The van der Waals surface area contributed by atoms with E-state index in [0.717, 1.165) is 31.9 Å². The highest BCUT2D eigenvalue weighted by molar-refractivity contribution is 5.27. The van der Waals surface area contributed by atoms with Crippen molar-refractivity contribution in [2.24, 2.45) is 0 Å². The van der Waals surface area contributed by atoms with Gasteiger partial charge in [0.15, 0.2) is 0 Å². The van der Waals surface area contributed by atoms with E-state index in [0.29, 0.717) is 0 Å². The molecule has 1 aliphatic rings. The molecule has 1 fully saturated rings. The number of piperazine rings is 1. The molecule has 0 saturated carbocycles. The molecule has 0 aliphatic carbocycles. The highest BCUT2D eigenvalue weighted by Gasteiger charge is 2.25.